The van der Waals surface area contributed by atoms with Gasteiger partial charge in [0.15, 0.2) is 11.6 Å². The van der Waals surface area contributed by atoms with E-state index < -0.39 is 11.6 Å². The fourth-order valence-electron chi connectivity index (χ4n) is 2.96. The van der Waals surface area contributed by atoms with Gasteiger partial charge in [0.1, 0.15) is 0 Å². The molecule has 1 aliphatic rings. The molecular weight excluding hydrogens is 286 g/mol. The van der Waals surface area contributed by atoms with Gasteiger partial charge in [0.05, 0.1) is 6.04 Å². The van der Waals surface area contributed by atoms with Gasteiger partial charge in [-0.1, -0.05) is 25.8 Å². The summed E-state index contributed by atoms with van der Waals surface area (Å²) in [5.41, 5.74) is 0.577. The zero-order valence-corrected chi connectivity index (χ0v) is 13.4. The molecule has 0 heterocycles. The van der Waals surface area contributed by atoms with E-state index in [4.69, 9.17) is 0 Å². The van der Waals surface area contributed by atoms with Crippen molar-refractivity contribution < 1.29 is 13.6 Å². The molecule has 3 nitrogen and oxygen atoms in total. The summed E-state index contributed by atoms with van der Waals surface area (Å²) in [7, 11) is 1.68. The zero-order chi connectivity index (χ0) is 16.3. The quantitative estimate of drug-likeness (QED) is 0.889. The fourth-order valence-corrected chi connectivity index (χ4v) is 2.96. The molecule has 1 aromatic carbocycles. The van der Waals surface area contributed by atoms with E-state index in [1.165, 1.54) is 17.4 Å². The molecule has 2 amide bonds. The highest BCUT2D eigenvalue weighted by Crippen LogP contribution is 2.25. The lowest BCUT2D eigenvalue weighted by molar-refractivity contribution is 0.179. The largest absolute Gasteiger partial charge is 0.335 e. The van der Waals surface area contributed by atoms with Crippen molar-refractivity contribution in [2.75, 3.05) is 7.05 Å². The summed E-state index contributed by atoms with van der Waals surface area (Å²) in [5, 5.41) is 3.06. The number of hydrogen-bond donors (Lipinski definition) is 1. The van der Waals surface area contributed by atoms with Crippen molar-refractivity contribution in [1.29, 1.82) is 0 Å². The van der Waals surface area contributed by atoms with Gasteiger partial charge in [0.2, 0.25) is 0 Å². The molecule has 1 aliphatic carbocycles. The Kier molecular flexibility index (Phi) is 5.37. The van der Waals surface area contributed by atoms with E-state index in [9.17, 15) is 13.6 Å². The first-order chi connectivity index (χ1) is 10.4. The van der Waals surface area contributed by atoms with Gasteiger partial charge < -0.3 is 10.2 Å². The number of carbonyl (C=O) groups is 1. The summed E-state index contributed by atoms with van der Waals surface area (Å²) in [6.45, 7) is 3.96. The number of benzene rings is 1. The summed E-state index contributed by atoms with van der Waals surface area (Å²) in [6.07, 6.45) is 4.49. The lowest BCUT2D eigenvalue weighted by Gasteiger charge is -2.33. The van der Waals surface area contributed by atoms with Crippen LogP contribution in [0.4, 0.5) is 13.6 Å². The average molecular weight is 310 g/mol. The van der Waals surface area contributed by atoms with Gasteiger partial charge in [-0.15, -0.1) is 0 Å². The number of hydrogen-bond acceptors (Lipinski definition) is 1. The second kappa shape index (κ2) is 7.07. The number of nitrogens with one attached hydrogen (secondary N) is 1. The van der Waals surface area contributed by atoms with E-state index in [1.54, 1.807) is 14.0 Å². The Morgan fingerprint density at radius 3 is 2.59 bits per heavy atom. The van der Waals surface area contributed by atoms with Crippen LogP contribution < -0.4 is 5.32 Å². The van der Waals surface area contributed by atoms with Crippen molar-refractivity contribution in [2.45, 2.75) is 51.6 Å². The van der Waals surface area contributed by atoms with E-state index >= 15 is 0 Å². The minimum absolute atomic E-state index is 0.170. The first kappa shape index (κ1) is 16.7. The molecule has 122 valence electrons. The van der Waals surface area contributed by atoms with Crippen molar-refractivity contribution in [1.82, 2.24) is 10.2 Å². The Morgan fingerprint density at radius 2 is 1.95 bits per heavy atom. The Labute approximate surface area is 130 Å². The van der Waals surface area contributed by atoms with Crippen LogP contribution in [0.5, 0.6) is 0 Å². The lowest BCUT2D eigenvalue weighted by Crippen LogP contribution is -2.47. The highest BCUT2D eigenvalue weighted by Gasteiger charge is 2.26. The van der Waals surface area contributed by atoms with Crippen LogP contribution >= 0.6 is 0 Å². The summed E-state index contributed by atoms with van der Waals surface area (Å²) in [4.78, 5) is 13.9. The maximum absolute atomic E-state index is 13.3. The second-order valence-electron chi connectivity index (χ2n) is 6.28. The Bertz CT molecular complexity index is 535. The molecule has 0 radical (unpaired) electrons. The minimum Gasteiger partial charge on any atom is -0.335 e. The SMILES string of the molecule is C[C@@H]1CCCC[C@@H]1NC(=O)N(C)[C@H](C)c1ccc(F)c(F)c1. The molecule has 5 heteroatoms. The van der Waals surface area contributed by atoms with Crippen LogP contribution in [0.3, 0.4) is 0 Å². The molecule has 1 aromatic rings. The van der Waals surface area contributed by atoms with Gasteiger partial charge in [-0.3, -0.25) is 0 Å². The van der Waals surface area contributed by atoms with Gasteiger partial charge in [0, 0.05) is 13.1 Å². The van der Waals surface area contributed by atoms with Crippen molar-refractivity contribution in [3.8, 4) is 0 Å². The number of halogens is 2. The van der Waals surface area contributed by atoms with Crippen LogP contribution in [0.25, 0.3) is 0 Å². The van der Waals surface area contributed by atoms with Crippen LogP contribution in [0.15, 0.2) is 18.2 Å². The van der Waals surface area contributed by atoms with Crippen LogP contribution in [-0.4, -0.2) is 24.0 Å². The molecule has 3 atom stereocenters. The van der Waals surface area contributed by atoms with E-state index in [0.717, 1.165) is 31.4 Å². The molecule has 0 spiro atoms. The number of carbonyl (C=O) groups excluding carboxylic acids is 1. The maximum atomic E-state index is 13.3. The van der Waals surface area contributed by atoms with E-state index in [-0.39, 0.29) is 18.1 Å². The first-order valence-corrected chi connectivity index (χ1v) is 7.88. The molecular formula is C17H24F2N2O. The third-order valence-corrected chi connectivity index (χ3v) is 4.75. The Balaban J connectivity index is 2.01. The molecule has 22 heavy (non-hydrogen) atoms. The minimum atomic E-state index is -0.890. The second-order valence-corrected chi connectivity index (χ2v) is 6.28. The van der Waals surface area contributed by atoms with Crippen molar-refractivity contribution in [3.05, 3.63) is 35.4 Å². The van der Waals surface area contributed by atoms with Gasteiger partial charge in [-0.2, -0.15) is 0 Å². The predicted octanol–water partition coefficient (Wildman–Crippen LogP) is 4.25. The third-order valence-electron chi connectivity index (χ3n) is 4.75. The van der Waals surface area contributed by atoms with Crippen molar-refractivity contribution in [2.24, 2.45) is 5.92 Å². The molecule has 0 unspecified atom stereocenters. The van der Waals surface area contributed by atoms with Gasteiger partial charge in [-0.05, 0) is 43.4 Å². The van der Waals surface area contributed by atoms with Crippen LogP contribution in [-0.2, 0) is 0 Å². The average Bonchev–Trinajstić information content (AvgIpc) is 2.50. The first-order valence-electron chi connectivity index (χ1n) is 7.88. The predicted molar refractivity (Wildman–Crippen MR) is 82.5 cm³/mol. The molecule has 0 saturated heterocycles. The normalized spacial score (nSPS) is 23.0. The van der Waals surface area contributed by atoms with E-state index in [2.05, 4.69) is 12.2 Å². The third kappa shape index (κ3) is 3.76. The lowest BCUT2D eigenvalue weighted by atomic mass is 9.86. The summed E-state index contributed by atoms with van der Waals surface area (Å²) < 4.78 is 26.3. The summed E-state index contributed by atoms with van der Waals surface area (Å²) in [5.74, 6) is -1.29. The number of nitrogens with zero attached hydrogens (tertiary/aromatic N) is 1. The highest BCUT2D eigenvalue weighted by atomic mass is 19.2. The molecule has 1 fully saturated rings. The highest BCUT2D eigenvalue weighted by molar-refractivity contribution is 5.74. The van der Waals surface area contributed by atoms with Crippen LogP contribution in [0.1, 0.15) is 51.1 Å². The van der Waals surface area contributed by atoms with Gasteiger partial charge in [-0.25, -0.2) is 13.6 Å². The van der Waals surface area contributed by atoms with Gasteiger partial charge >= 0.3 is 6.03 Å². The summed E-state index contributed by atoms with van der Waals surface area (Å²) >= 11 is 0. The Hall–Kier alpha value is -1.65. The topological polar surface area (TPSA) is 32.3 Å². The molecule has 0 aliphatic heterocycles. The number of amides is 2. The molecule has 0 bridgehead atoms. The van der Waals surface area contributed by atoms with E-state index in [1.807, 2.05) is 0 Å². The fraction of sp³-hybridized carbons (Fsp3) is 0.588. The van der Waals surface area contributed by atoms with Crippen molar-refractivity contribution >= 4 is 6.03 Å². The van der Waals surface area contributed by atoms with E-state index in [0.29, 0.717) is 11.5 Å². The van der Waals surface area contributed by atoms with Crippen molar-refractivity contribution in [3.63, 3.8) is 0 Å². The molecule has 2 rings (SSSR count). The molecule has 1 N–H and O–H groups in total. The maximum Gasteiger partial charge on any atom is 0.317 e. The summed E-state index contributed by atoms with van der Waals surface area (Å²) in [6, 6.07) is 3.45. The standard InChI is InChI=1S/C17H24F2N2O/c1-11-6-4-5-7-16(11)20-17(22)21(3)12(2)13-8-9-14(18)15(19)10-13/h8-12,16H,4-7H2,1-3H3,(H,20,22)/t11-,12-,16+/m1/s1. The Morgan fingerprint density at radius 1 is 1.27 bits per heavy atom. The monoisotopic (exact) mass is 310 g/mol. The number of rotatable bonds is 3. The smallest absolute Gasteiger partial charge is 0.317 e. The van der Waals surface area contributed by atoms with Gasteiger partial charge in [0.25, 0.3) is 0 Å². The molecule has 0 aromatic heterocycles. The van der Waals surface area contributed by atoms with Crippen LogP contribution in [0.2, 0.25) is 0 Å². The zero-order valence-electron chi connectivity index (χ0n) is 13.4. The molecule has 1 saturated carbocycles. The van der Waals surface area contributed by atoms with Crippen LogP contribution in [0, 0.1) is 17.6 Å². The number of urea groups is 1.